The summed E-state index contributed by atoms with van der Waals surface area (Å²) in [4.78, 5) is 30.4. The summed E-state index contributed by atoms with van der Waals surface area (Å²) in [5.74, 6) is -2.01. The van der Waals surface area contributed by atoms with Gasteiger partial charge in [0.05, 0.1) is 10.2 Å². The molecule has 4 rings (SSSR count). The normalized spacial score (nSPS) is 12.0. The van der Waals surface area contributed by atoms with Crippen molar-refractivity contribution >= 4 is 66.3 Å². The second-order valence-electron chi connectivity index (χ2n) is 7.24. The molecule has 0 aliphatic rings. The minimum atomic E-state index is -4.83. The molecule has 0 saturated heterocycles. The first-order valence-electron chi connectivity index (χ1n) is 9.52. The van der Waals surface area contributed by atoms with Gasteiger partial charge in [-0.15, -0.1) is 22.7 Å². The van der Waals surface area contributed by atoms with Crippen LogP contribution in [0.2, 0.25) is 0 Å². The van der Waals surface area contributed by atoms with Crippen LogP contribution in [0.3, 0.4) is 0 Å². The molecule has 0 unspecified atom stereocenters. The van der Waals surface area contributed by atoms with Gasteiger partial charge in [-0.2, -0.15) is 18.3 Å². The van der Waals surface area contributed by atoms with Crippen LogP contribution in [-0.4, -0.2) is 26.6 Å². The maximum atomic E-state index is 13.6. The van der Waals surface area contributed by atoms with Crippen LogP contribution in [-0.2, 0) is 13.2 Å². The minimum absolute atomic E-state index is 0.00741. The highest BCUT2D eigenvalue weighted by Crippen LogP contribution is 2.44. The number of thiophene rings is 2. The van der Waals surface area contributed by atoms with E-state index in [1.807, 2.05) is 6.92 Å². The molecule has 4 heterocycles. The Labute approximate surface area is 209 Å². The molecular formula is C20H13BrF5N5O2S2. The number of hydrogen-bond donors (Lipinski definition) is 2. The first kappa shape index (κ1) is 25.2. The maximum Gasteiger partial charge on any atom is 0.436 e. The average Bonchev–Trinajstić information content (AvgIpc) is 3.42. The van der Waals surface area contributed by atoms with Crippen molar-refractivity contribution in [2.75, 3.05) is 5.32 Å². The van der Waals surface area contributed by atoms with E-state index in [-0.39, 0.29) is 26.3 Å². The van der Waals surface area contributed by atoms with Crippen LogP contribution in [0.1, 0.15) is 42.9 Å². The third kappa shape index (κ3) is 4.54. The number of primary amides is 1. The monoisotopic (exact) mass is 593 g/mol. The minimum Gasteiger partial charge on any atom is -0.365 e. The fourth-order valence-electron chi connectivity index (χ4n) is 3.39. The Bertz CT molecular complexity index is 1490. The molecule has 0 aromatic carbocycles. The van der Waals surface area contributed by atoms with E-state index in [1.165, 1.54) is 11.3 Å². The van der Waals surface area contributed by atoms with Gasteiger partial charge in [0.1, 0.15) is 21.1 Å². The van der Waals surface area contributed by atoms with E-state index in [9.17, 15) is 31.5 Å². The predicted octanol–water partition coefficient (Wildman–Crippen LogP) is 6.14. The van der Waals surface area contributed by atoms with E-state index in [2.05, 4.69) is 31.3 Å². The molecule has 0 fully saturated rings. The van der Waals surface area contributed by atoms with E-state index in [0.717, 1.165) is 22.7 Å². The summed E-state index contributed by atoms with van der Waals surface area (Å²) in [6.07, 6.45) is -7.75. The molecule has 0 atom stereocenters. The summed E-state index contributed by atoms with van der Waals surface area (Å²) >= 11 is 4.75. The Morgan fingerprint density at radius 2 is 1.91 bits per heavy atom. The van der Waals surface area contributed by atoms with E-state index in [0.29, 0.717) is 16.2 Å². The first-order valence-corrected chi connectivity index (χ1v) is 12.0. The number of aryl methyl sites for hydroxylation is 2. The van der Waals surface area contributed by atoms with Crippen molar-refractivity contribution in [3.8, 4) is 10.4 Å². The number of alkyl halides is 5. The smallest absolute Gasteiger partial charge is 0.365 e. The molecule has 4 aromatic rings. The average molecular weight is 594 g/mol. The van der Waals surface area contributed by atoms with Crippen LogP contribution in [0.15, 0.2) is 22.7 Å². The molecule has 0 bridgehead atoms. The molecule has 0 spiro atoms. The quantitative estimate of drug-likeness (QED) is 0.271. The van der Waals surface area contributed by atoms with Crippen molar-refractivity contribution in [3.63, 3.8) is 0 Å². The maximum absolute atomic E-state index is 13.6. The molecule has 0 aliphatic heterocycles. The van der Waals surface area contributed by atoms with Crippen LogP contribution in [0.4, 0.5) is 27.6 Å². The molecule has 2 amide bonds. The molecule has 3 N–H and O–H groups in total. The second-order valence-corrected chi connectivity index (χ2v) is 10.3. The summed E-state index contributed by atoms with van der Waals surface area (Å²) in [5.41, 5.74) is 3.27. The fourth-order valence-corrected chi connectivity index (χ4v) is 6.04. The second kappa shape index (κ2) is 8.95. The zero-order valence-electron chi connectivity index (χ0n) is 17.6. The number of pyridine rings is 1. The number of aromatic nitrogens is 3. The zero-order chi connectivity index (χ0) is 25.8. The molecule has 184 valence electrons. The molecule has 0 radical (unpaired) electrons. The predicted molar refractivity (Wildman–Crippen MR) is 125 cm³/mol. The van der Waals surface area contributed by atoms with Gasteiger partial charge in [0.25, 0.3) is 18.2 Å². The highest BCUT2D eigenvalue weighted by Gasteiger charge is 2.39. The fraction of sp³-hybridized carbons (Fsp3) is 0.200. The lowest BCUT2D eigenvalue weighted by molar-refractivity contribution is -0.142. The van der Waals surface area contributed by atoms with Gasteiger partial charge in [0.2, 0.25) is 0 Å². The lowest BCUT2D eigenvalue weighted by Crippen LogP contribution is -2.19. The van der Waals surface area contributed by atoms with Gasteiger partial charge >= 0.3 is 6.18 Å². The molecule has 15 heteroatoms. The number of anilines is 1. The van der Waals surface area contributed by atoms with Gasteiger partial charge in [-0.25, -0.2) is 13.8 Å². The van der Waals surface area contributed by atoms with E-state index < -0.39 is 46.0 Å². The molecule has 0 saturated carbocycles. The number of amides is 2. The molecule has 0 aliphatic carbocycles. The largest absolute Gasteiger partial charge is 0.436 e. The van der Waals surface area contributed by atoms with Crippen molar-refractivity contribution < 1.29 is 31.5 Å². The number of rotatable bonds is 5. The van der Waals surface area contributed by atoms with Crippen LogP contribution in [0.5, 0.6) is 0 Å². The Morgan fingerprint density at radius 1 is 1.23 bits per heavy atom. The third-order valence-electron chi connectivity index (χ3n) is 4.85. The number of carbonyl (C=O) groups is 2. The summed E-state index contributed by atoms with van der Waals surface area (Å²) in [7, 11) is 1.14. The van der Waals surface area contributed by atoms with E-state index >= 15 is 0 Å². The highest BCUT2D eigenvalue weighted by molar-refractivity contribution is 9.10. The molecule has 35 heavy (non-hydrogen) atoms. The SMILES string of the molecule is Cc1ccc(-c2cc(C(F)F)nc3sc(C(N)=O)c(NC(=O)c4c(Br)c(C(F)(F)F)nn4C)c23)s1. The summed E-state index contributed by atoms with van der Waals surface area (Å²) in [6, 6.07) is 4.59. The van der Waals surface area contributed by atoms with Crippen LogP contribution >= 0.6 is 38.6 Å². The Morgan fingerprint density at radius 3 is 2.43 bits per heavy atom. The summed E-state index contributed by atoms with van der Waals surface area (Å²) in [6.45, 7) is 1.81. The Kier molecular flexibility index (Phi) is 6.44. The lowest BCUT2D eigenvalue weighted by Gasteiger charge is -2.10. The number of halogens is 6. The number of carbonyl (C=O) groups excluding carboxylic acids is 2. The van der Waals surface area contributed by atoms with Crippen LogP contribution in [0.25, 0.3) is 20.7 Å². The van der Waals surface area contributed by atoms with Gasteiger partial charge in [-0.05, 0) is 41.1 Å². The van der Waals surface area contributed by atoms with Gasteiger partial charge in [-0.1, -0.05) is 0 Å². The number of hydrogen-bond acceptors (Lipinski definition) is 6. The molecule has 4 aromatic heterocycles. The van der Waals surface area contributed by atoms with Crippen molar-refractivity contribution in [1.29, 1.82) is 0 Å². The topological polar surface area (TPSA) is 103 Å². The molecule has 7 nitrogen and oxygen atoms in total. The lowest BCUT2D eigenvalue weighted by atomic mass is 10.1. The van der Waals surface area contributed by atoms with Crippen molar-refractivity contribution in [3.05, 3.63) is 49.5 Å². The number of fused-ring (bicyclic) bond motifs is 1. The van der Waals surface area contributed by atoms with Gasteiger partial charge in [0.15, 0.2) is 5.69 Å². The summed E-state index contributed by atoms with van der Waals surface area (Å²) < 4.78 is 67.0. The standard InChI is InChI=1S/C20H13BrF5N5O2S2/c1-6-3-4-9(34-6)7-5-8(16(22)23)28-19-10(7)12(14(35-19)17(27)32)29-18(33)13-11(21)15(20(24,25)26)30-31(13)2/h3-5,16H,1-2H3,(H2,27,32)(H,29,33). The van der Waals surface area contributed by atoms with E-state index in [4.69, 9.17) is 5.73 Å². The van der Waals surface area contributed by atoms with Crippen molar-refractivity contribution in [1.82, 2.24) is 14.8 Å². The number of nitrogens with zero attached hydrogens (tertiary/aromatic N) is 3. The number of nitrogens with one attached hydrogen (secondary N) is 1. The van der Waals surface area contributed by atoms with Gasteiger partial charge in [-0.3, -0.25) is 14.3 Å². The van der Waals surface area contributed by atoms with Crippen LogP contribution in [0, 0.1) is 6.92 Å². The van der Waals surface area contributed by atoms with E-state index in [1.54, 1.807) is 12.1 Å². The number of nitrogens with two attached hydrogens (primary N) is 1. The van der Waals surface area contributed by atoms with Crippen molar-refractivity contribution in [2.24, 2.45) is 12.8 Å². The highest BCUT2D eigenvalue weighted by atomic mass is 79.9. The zero-order valence-corrected chi connectivity index (χ0v) is 20.8. The third-order valence-corrected chi connectivity index (χ3v) is 7.73. The first-order chi connectivity index (χ1) is 16.3. The van der Waals surface area contributed by atoms with Gasteiger partial charge in [0, 0.05) is 27.8 Å². The van der Waals surface area contributed by atoms with Crippen LogP contribution < -0.4 is 11.1 Å². The summed E-state index contributed by atoms with van der Waals surface area (Å²) in [5, 5.41) is 5.95. The van der Waals surface area contributed by atoms with Gasteiger partial charge < -0.3 is 11.1 Å². The Balaban J connectivity index is 1.94. The Hall–Kier alpha value is -2.91. The molecular weight excluding hydrogens is 581 g/mol. The van der Waals surface area contributed by atoms with Crippen molar-refractivity contribution in [2.45, 2.75) is 19.5 Å².